The van der Waals surface area contributed by atoms with E-state index in [0.29, 0.717) is 6.61 Å². The second-order valence-corrected chi connectivity index (χ2v) is 3.03. The predicted octanol–water partition coefficient (Wildman–Crippen LogP) is 0.491. The summed E-state index contributed by atoms with van der Waals surface area (Å²) in [5, 5.41) is 0. The van der Waals surface area contributed by atoms with Crippen LogP contribution in [0.3, 0.4) is 0 Å². The Morgan fingerprint density at radius 2 is 2.10 bits per heavy atom. The molecule has 0 spiro atoms. The fourth-order valence-electron chi connectivity index (χ4n) is 0.374. The van der Waals surface area contributed by atoms with Crippen LogP contribution in [0, 0.1) is 6.42 Å². The molecule has 1 amide bonds. The monoisotopic (exact) mass is 144 g/mol. The predicted molar refractivity (Wildman–Crippen MR) is 39.2 cm³/mol. The van der Waals surface area contributed by atoms with Crippen LogP contribution in [0.15, 0.2) is 0 Å². The number of hydrogen-bond donors (Lipinski definition) is 1. The van der Waals surface area contributed by atoms with Crippen LogP contribution >= 0.6 is 0 Å². The number of hydrogen-bond acceptors (Lipinski definition) is 2. The highest BCUT2D eigenvalue weighted by atomic mass is 16.5. The first-order chi connectivity index (χ1) is 4.42. The summed E-state index contributed by atoms with van der Waals surface area (Å²) in [6.45, 7) is 6.05. The van der Waals surface area contributed by atoms with Gasteiger partial charge in [0.15, 0.2) is 0 Å². The molecular weight excluding hydrogens is 130 g/mol. The molecule has 0 atom stereocenters. The van der Waals surface area contributed by atoms with Gasteiger partial charge in [-0.15, -0.1) is 0 Å². The molecule has 3 heteroatoms. The Kier molecular flexibility index (Phi) is 3.36. The van der Waals surface area contributed by atoms with Crippen LogP contribution in [-0.2, 0) is 9.53 Å². The average molecular weight is 144 g/mol. The Labute approximate surface area is 61.5 Å². The first kappa shape index (κ1) is 9.43. The van der Waals surface area contributed by atoms with Gasteiger partial charge in [0.05, 0.1) is 18.6 Å². The van der Waals surface area contributed by atoms with Crippen molar-refractivity contribution in [3.05, 3.63) is 6.42 Å². The number of nitrogens with two attached hydrogens (primary N) is 1. The van der Waals surface area contributed by atoms with Crippen molar-refractivity contribution in [1.29, 1.82) is 0 Å². The third-order valence-corrected chi connectivity index (χ3v) is 0.801. The first-order valence-electron chi connectivity index (χ1n) is 3.18. The van der Waals surface area contributed by atoms with E-state index >= 15 is 0 Å². The van der Waals surface area contributed by atoms with E-state index in [-0.39, 0.29) is 5.60 Å². The molecule has 0 fully saturated rings. The number of primary amides is 1. The summed E-state index contributed by atoms with van der Waals surface area (Å²) in [5.74, 6) is -0.441. The van der Waals surface area contributed by atoms with Gasteiger partial charge in [-0.25, -0.2) is 0 Å². The number of carbonyl (C=O) groups is 1. The van der Waals surface area contributed by atoms with Crippen LogP contribution in [0.25, 0.3) is 0 Å². The molecule has 0 unspecified atom stereocenters. The number of amides is 1. The topological polar surface area (TPSA) is 52.3 Å². The van der Waals surface area contributed by atoms with Gasteiger partial charge in [-0.1, -0.05) is 0 Å². The summed E-state index contributed by atoms with van der Waals surface area (Å²) in [6, 6.07) is 0. The lowest BCUT2D eigenvalue weighted by Crippen LogP contribution is -2.23. The molecular formula is C7H14NO2. The average Bonchev–Trinajstić information content (AvgIpc) is 1.59. The van der Waals surface area contributed by atoms with Crippen molar-refractivity contribution in [3.8, 4) is 0 Å². The van der Waals surface area contributed by atoms with Crippen molar-refractivity contribution in [1.82, 2.24) is 0 Å². The van der Waals surface area contributed by atoms with Gasteiger partial charge in [-0.05, 0) is 20.8 Å². The van der Waals surface area contributed by atoms with Gasteiger partial charge >= 0.3 is 0 Å². The summed E-state index contributed by atoms with van der Waals surface area (Å²) < 4.78 is 5.18. The third kappa shape index (κ3) is 7.43. The zero-order chi connectivity index (χ0) is 8.20. The number of rotatable bonds is 3. The molecule has 59 valence electrons. The quantitative estimate of drug-likeness (QED) is 0.626. The van der Waals surface area contributed by atoms with Crippen molar-refractivity contribution in [3.63, 3.8) is 0 Å². The molecule has 0 saturated carbocycles. The van der Waals surface area contributed by atoms with E-state index in [4.69, 9.17) is 10.5 Å². The largest absolute Gasteiger partial charge is 0.375 e. The lowest BCUT2D eigenvalue weighted by Gasteiger charge is -2.18. The van der Waals surface area contributed by atoms with Crippen LogP contribution in [0.5, 0.6) is 0 Å². The summed E-state index contributed by atoms with van der Waals surface area (Å²) in [7, 11) is 0. The highest BCUT2D eigenvalue weighted by Gasteiger charge is 2.09. The summed E-state index contributed by atoms with van der Waals surface area (Å²) in [6.07, 6.45) is 1.31. The van der Waals surface area contributed by atoms with E-state index in [2.05, 4.69) is 0 Å². The minimum atomic E-state index is -0.441. The van der Waals surface area contributed by atoms with Gasteiger partial charge in [0, 0.05) is 0 Å². The SMILES string of the molecule is CC(C)(C)OC[CH]C(N)=O. The summed E-state index contributed by atoms with van der Waals surface area (Å²) in [4.78, 5) is 10.2. The fourth-order valence-corrected chi connectivity index (χ4v) is 0.374. The molecule has 0 rings (SSSR count). The van der Waals surface area contributed by atoms with Crippen molar-refractivity contribution in [2.45, 2.75) is 26.4 Å². The highest BCUT2D eigenvalue weighted by Crippen LogP contribution is 2.05. The first-order valence-corrected chi connectivity index (χ1v) is 3.18. The molecule has 2 N–H and O–H groups in total. The molecule has 0 aromatic carbocycles. The lowest BCUT2D eigenvalue weighted by molar-refractivity contribution is -0.116. The Morgan fingerprint density at radius 1 is 1.60 bits per heavy atom. The molecule has 0 heterocycles. The Bertz CT molecular complexity index is 115. The third-order valence-electron chi connectivity index (χ3n) is 0.801. The maximum absolute atomic E-state index is 10.2. The van der Waals surface area contributed by atoms with Crippen LogP contribution < -0.4 is 5.73 Å². The Balaban J connectivity index is 3.29. The van der Waals surface area contributed by atoms with Gasteiger partial charge in [-0.3, -0.25) is 4.79 Å². The van der Waals surface area contributed by atoms with E-state index in [9.17, 15) is 4.79 Å². The van der Waals surface area contributed by atoms with Gasteiger partial charge in [-0.2, -0.15) is 0 Å². The normalized spacial score (nSPS) is 11.5. The maximum Gasteiger partial charge on any atom is 0.223 e. The van der Waals surface area contributed by atoms with Gasteiger partial charge in [0.2, 0.25) is 5.91 Å². The molecule has 0 aliphatic heterocycles. The van der Waals surface area contributed by atoms with E-state index in [1.807, 2.05) is 20.8 Å². The zero-order valence-corrected chi connectivity index (χ0v) is 6.68. The smallest absolute Gasteiger partial charge is 0.223 e. The molecule has 10 heavy (non-hydrogen) atoms. The van der Waals surface area contributed by atoms with E-state index in [1.165, 1.54) is 6.42 Å². The molecule has 0 aromatic rings. The second-order valence-electron chi connectivity index (χ2n) is 3.03. The molecule has 3 nitrogen and oxygen atoms in total. The fraction of sp³-hybridized carbons (Fsp3) is 0.714. The molecule has 0 saturated heterocycles. The van der Waals surface area contributed by atoms with Crippen LogP contribution in [0.4, 0.5) is 0 Å². The lowest BCUT2D eigenvalue weighted by atomic mass is 10.2. The van der Waals surface area contributed by atoms with Crippen LogP contribution in [0.1, 0.15) is 20.8 Å². The standard InChI is InChI=1S/C7H14NO2/c1-7(2,3)10-5-4-6(8)9/h4H,5H2,1-3H3,(H2,8,9). The van der Waals surface area contributed by atoms with Gasteiger partial charge in [0.25, 0.3) is 0 Å². The minimum Gasteiger partial charge on any atom is -0.375 e. The highest BCUT2D eigenvalue weighted by molar-refractivity contribution is 5.82. The molecule has 0 aliphatic carbocycles. The maximum atomic E-state index is 10.2. The van der Waals surface area contributed by atoms with Crippen molar-refractivity contribution >= 4 is 5.91 Å². The molecule has 0 aromatic heterocycles. The number of carbonyl (C=O) groups excluding carboxylic acids is 1. The van der Waals surface area contributed by atoms with Gasteiger partial charge < -0.3 is 10.5 Å². The molecule has 0 aliphatic rings. The molecule has 0 bridgehead atoms. The zero-order valence-electron chi connectivity index (χ0n) is 6.68. The molecule has 1 radical (unpaired) electrons. The second kappa shape index (κ2) is 3.56. The van der Waals surface area contributed by atoms with Crippen molar-refractivity contribution < 1.29 is 9.53 Å². The Hall–Kier alpha value is -0.570. The van der Waals surface area contributed by atoms with E-state index in [1.54, 1.807) is 0 Å². The summed E-state index contributed by atoms with van der Waals surface area (Å²) in [5.41, 5.74) is 4.64. The minimum absolute atomic E-state index is 0.202. The van der Waals surface area contributed by atoms with E-state index in [0.717, 1.165) is 0 Å². The van der Waals surface area contributed by atoms with Crippen LogP contribution in [0.2, 0.25) is 0 Å². The van der Waals surface area contributed by atoms with E-state index < -0.39 is 5.91 Å². The van der Waals surface area contributed by atoms with Crippen molar-refractivity contribution in [2.24, 2.45) is 5.73 Å². The van der Waals surface area contributed by atoms with Crippen LogP contribution in [-0.4, -0.2) is 18.1 Å². The van der Waals surface area contributed by atoms with Crippen molar-refractivity contribution in [2.75, 3.05) is 6.61 Å². The van der Waals surface area contributed by atoms with Gasteiger partial charge in [0.1, 0.15) is 0 Å². The number of ether oxygens (including phenoxy) is 1. The summed E-state index contributed by atoms with van der Waals surface area (Å²) >= 11 is 0. The Morgan fingerprint density at radius 3 is 2.40 bits per heavy atom.